The molecule has 0 saturated carbocycles. The molecule has 2 N–H and O–H groups in total. The zero-order chi connectivity index (χ0) is 26.4. The standard InChI is InChI=1S/C27H53O6PS/c1-5-8-10-12-13-14-15-17-19-22-35-25(20-18-16-11-9-6-2)24(4)33-27(23-28,26(29)30)34(31)32-21-7-3/h24-25,28H,5-23H2,1-4H3/p+1. The predicted molar refractivity (Wildman–Crippen MR) is 149 cm³/mol. The van der Waals surface area contributed by atoms with Gasteiger partial charge in [0.2, 0.25) is 0 Å². The highest BCUT2D eigenvalue weighted by Gasteiger charge is 2.62. The summed E-state index contributed by atoms with van der Waals surface area (Å²) in [7, 11) is -2.71. The van der Waals surface area contributed by atoms with E-state index in [0.717, 1.165) is 31.4 Å². The lowest BCUT2D eigenvalue weighted by Gasteiger charge is -2.28. The largest absolute Gasteiger partial charge is 0.559 e. The fourth-order valence-electron chi connectivity index (χ4n) is 4.05. The summed E-state index contributed by atoms with van der Waals surface area (Å²) in [5, 5.41) is 17.6. The minimum Gasteiger partial charge on any atom is -0.476 e. The van der Waals surface area contributed by atoms with E-state index in [1.54, 1.807) is 0 Å². The molecule has 0 aromatic heterocycles. The van der Waals surface area contributed by atoms with Gasteiger partial charge in [-0.15, -0.1) is 4.52 Å². The molecule has 0 radical (unpaired) electrons. The number of ether oxygens (including phenoxy) is 1. The number of hydrogen-bond donors (Lipinski definition) is 2. The number of unbranched alkanes of at least 4 members (excludes halogenated alkanes) is 12. The molecular weight excluding hydrogens is 483 g/mol. The van der Waals surface area contributed by atoms with Crippen LogP contribution in [0.25, 0.3) is 0 Å². The molecule has 4 atom stereocenters. The van der Waals surface area contributed by atoms with Crippen LogP contribution in [-0.4, -0.2) is 51.8 Å². The van der Waals surface area contributed by atoms with Gasteiger partial charge in [0.05, 0.1) is 6.10 Å². The molecule has 0 aliphatic carbocycles. The number of thioether (sulfide) groups is 1. The summed E-state index contributed by atoms with van der Waals surface area (Å²) in [5.41, 5.74) is 0. The Morgan fingerprint density at radius 2 is 1.37 bits per heavy atom. The Hall–Kier alpha value is -0.200. The van der Waals surface area contributed by atoms with Crippen molar-refractivity contribution < 1.29 is 28.8 Å². The summed E-state index contributed by atoms with van der Waals surface area (Å²) < 4.78 is 23.8. The Labute approximate surface area is 220 Å². The quantitative estimate of drug-likeness (QED) is 0.0846. The van der Waals surface area contributed by atoms with Crippen LogP contribution in [0.15, 0.2) is 0 Å². The van der Waals surface area contributed by atoms with Crippen LogP contribution in [0.3, 0.4) is 0 Å². The second-order valence-electron chi connectivity index (χ2n) is 9.60. The highest BCUT2D eigenvalue weighted by atomic mass is 32.2. The Balaban J connectivity index is 4.85. The average Bonchev–Trinajstić information content (AvgIpc) is 2.85. The molecular formula is C27H54O6PS+. The molecule has 6 nitrogen and oxygen atoms in total. The molecule has 8 heteroatoms. The van der Waals surface area contributed by atoms with E-state index in [1.807, 2.05) is 25.6 Å². The van der Waals surface area contributed by atoms with Crippen molar-refractivity contribution in [2.24, 2.45) is 0 Å². The Morgan fingerprint density at radius 1 is 0.857 bits per heavy atom. The first-order valence-corrected chi connectivity index (χ1v) is 16.4. The van der Waals surface area contributed by atoms with Gasteiger partial charge in [-0.05, 0) is 36.5 Å². The van der Waals surface area contributed by atoms with E-state index >= 15 is 0 Å². The third kappa shape index (κ3) is 15.6. The molecule has 0 heterocycles. The average molecular weight is 538 g/mol. The summed E-state index contributed by atoms with van der Waals surface area (Å²) in [6, 6.07) is 0. The first-order chi connectivity index (χ1) is 16.9. The van der Waals surface area contributed by atoms with Crippen LogP contribution in [0.1, 0.15) is 130 Å². The summed E-state index contributed by atoms with van der Waals surface area (Å²) in [5.74, 6) is -0.435. The Morgan fingerprint density at radius 3 is 1.86 bits per heavy atom. The molecule has 0 fully saturated rings. The van der Waals surface area contributed by atoms with Crippen molar-refractivity contribution in [1.82, 2.24) is 0 Å². The smallest absolute Gasteiger partial charge is 0.476 e. The molecule has 0 aliphatic rings. The molecule has 0 rings (SSSR count). The van der Waals surface area contributed by atoms with E-state index in [9.17, 15) is 19.6 Å². The van der Waals surface area contributed by atoms with Crippen molar-refractivity contribution in [3.8, 4) is 0 Å². The molecule has 0 spiro atoms. The summed E-state index contributed by atoms with van der Waals surface area (Å²) in [6.07, 6.45) is 18.5. The number of hydrogen-bond acceptors (Lipinski definition) is 6. The van der Waals surface area contributed by atoms with Crippen LogP contribution in [0.2, 0.25) is 0 Å². The lowest BCUT2D eigenvalue weighted by atomic mass is 10.1. The van der Waals surface area contributed by atoms with Crippen molar-refractivity contribution in [2.45, 2.75) is 147 Å². The molecule has 0 aromatic rings. The number of carboxylic acids is 1. The van der Waals surface area contributed by atoms with Gasteiger partial charge in [0, 0.05) is 5.25 Å². The molecule has 208 valence electrons. The minimum atomic E-state index is -2.71. The van der Waals surface area contributed by atoms with Gasteiger partial charge in [-0.3, -0.25) is 0 Å². The molecule has 0 amide bonds. The fraction of sp³-hybridized carbons (Fsp3) is 0.963. The molecule has 0 aliphatic heterocycles. The lowest BCUT2D eigenvalue weighted by molar-refractivity contribution is -0.164. The monoisotopic (exact) mass is 537 g/mol. The van der Waals surface area contributed by atoms with Crippen molar-refractivity contribution in [3.63, 3.8) is 0 Å². The van der Waals surface area contributed by atoms with Crippen molar-refractivity contribution >= 4 is 25.8 Å². The number of rotatable bonds is 26. The van der Waals surface area contributed by atoms with E-state index in [1.165, 1.54) is 70.6 Å². The van der Waals surface area contributed by atoms with E-state index in [-0.39, 0.29) is 11.9 Å². The first-order valence-electron chi connectivity index (χ1n) is 14.1. The summed E-state index contributed by atoms with van der Waals surface area (Å²) >= 11 is 1.83. The Bertz CT molecular complexity index is 536. The van der Waals surface area contributed by atoms with E-state index in [0.29, 0.717) is 6.42 Å². The number of aliphatic hydroxyl groups excluding tert-OH is 1. The third-order valence-electron chi connectivity index (χ3n) is 6.33. The second kappa shape index (κ2) is 23.0. The molecule has 0 aromatic carbocycles. The van der Waals surface area contributed by atoms with Crippen LogP contribution in [-0.2, 0) is 18.6 Å². The van der Waals surface area contributed by atoms with Crippen LogP contribution < -0.4 is 0 Å². The molecule has 0 bridgehead atoms. The van der Waals surface area contributed by atoms with Crippen LogP contribution in [0, 0.1) is 0 Å². The van der Waals surface area contributed by atoms with Crippen molar-refractivity contribution in [1.29, 1.82) is 0 Å². The highest BCUT2D eigenvalue weighted by Crippen LogP contribution is 2.43. The van der Waals surface area contributed by atoms with Gasteiger partial charge in [-0.1, -0.05) is 104 Å². The SMILES string of the molecule is CCCCCCCCCCCSC(CCCCCCC)C(C)OC(CO)(C(=O)O)[P+](=O)OCCC. The van der Waals surface area contributed by atoms with Gasteiger partial charge in [-0.2, -0.15) is 11.8 Å². The van der Waals surface area contributed by atoms with Gasteiger partial charge in [0.1, 0.15) is 13.2 Å². The lowest BCUT2D eigenvalue weighted by Crippen LogP contribution is -2.46. The van der Waals surface area contributed by atoms with Gasteiger partial charge in [0.25, 0.3) is 0 Å². The van der Waals surface area contributed by atoms with Crippen LogP contribution in [0.4, 0.5) is 0 Å². The summed E-state index contributed by atoms with van der Waals surface area (Å²) in [4.78, 5) is 12.0. The number of aliphatic carboxylic acids is 1. The molecule has 4 unspecified atom stereocenters. The van der Waals surface area contributed by atoms with Crippen molar-refractivity contribution in [3.05, 3.63) is 0 Å². The summed E-state index contributed by atoms with van der Waals surface area (Å²) in [6.45, 7) is 7.42. The van der Waals surface area contributed by atoms with Gasteiger partial charge < -0.3 is 14.9 Å². The van der Waals surface area contributed by atoms with Gasteiger partial charge in [0.15, 0.2) is 0 Å². The van der Waals surface area contributed by atoms with E-state index in [2.05, 4.69) is 13.8 Å². The second-order valence-corrected chi connectivity index (χ2v) is 12.4. The predicted octanol–water partition coefficient (Wildman–Crippen LogP) is 8.33. The fourth-order valence-corrected chi connectivity index (χ4v) is 6.46. The van der Waals surface area contributed by atoms with E-state index in [4.69, 9.17) is 9.26 Å². The maximum atomic E-state index is 12.7. The first kappa shape index (κ1) is 34.8. The number of carboxylic acid groups (broad SMARTS) is 1. The van der Waals surface area contributed by atoms with Crippen LogP contribution >= 0.6 is 19.8 Å². The topological polar surface area (TPSA) is 93.1 Å². The molecule has 0 saturated heterocycles. The van der Waals surface area contributed by atoms with Gasteiger partial charge >= 0.3 is 19.3 Å². The van der Waals surface area contributed by atoms with E-state index < -0.39 is 32.1 Å². The number of aliphatic hydroxyl groups is 1. The zero-order valence-corrected chi connectivity index (χ0v) is 24.7. The normalized spacial score (nSPS) is 15.5. The third-order valence-corrected chi connectivity index (χ3v) is 9.35. The Kier molecular flexibility index (Phi) is 22.8. The molecule has 35 heavy (non-hydrogen) atoms. The maximum absolute atomic E-state index is 12.7. The minimum absolute atomic E-state index is 0.0884. The zero-order valence-electron chi connectivity index (χ0n) is 23.0. The highest BCUT2D eigenvalue weighted by molar-refractivity contribution is 7.99. The van der Waals surface area contributed by atoms with Gasteiger partial charge in [-0.25, -0.2) is 4.79 Å². The van der Waals surface area contributed by atoms with Crippen LogP contribution in [0.5, 0.6) is 0 Å². The van der Waals surface area contributed by atoms with Crippen molar-refractivity contribution in [2.75, 3.05) is 19.0 Å². The maximum Gasteiger partial charge on any atom is 0.559 e. The number of carbonyl (C=O) groups is 1.